The van der Waals surface area contributed by atoms with E-state index in [2.05, 4.69) is 24.8 Å². The minimum Gasteiger partial charge on any atom is -0.336 e. The number of hydrogen-bond acceptors (Lipinski definition) is 6. The average Bonchev–Trinajstić information content (AvgIpc) is 3.49. The Hall–Kier alpha value is -4.23. The molecule has 0 fully saturated rings. The Bertz CT molecular complexity index is 2000. The lowest BCUT2D eigenvalue weighted by Gasteiger charge is -2.17. The second kappa shape index (κ2) is 11.6. The lowest BCUT2D eigenvalue weighted by atomic mass is 9.91. The van der Waals surface area contributed by atoms with Gasteiger partial charge in [-0.3, -0.25) is 23.7 Å². The first-order valence-corrected chi connectivity index (χ1v) is 15.1. The summed E-state index contributed by atoms with van der Waals surface area (Å²) in [7, 11) is -2.49. The second-order valence-electron chi connectivity index (χ2n) is 9.99. The van der Waals surface area contributed by atoms with Crippen molar-refractivity contribution in [2.24, 2.45) is 7.05 Å². The number of sulfonamides is 1. The van der Waals surface area contributed by atoms with Gasteiger partial charge in [0, 0.05) is 25.2 Å². The molecule has 11 nitrogen and oxygen atoms in total. The van der Waals surface area contributed by atoms with Gasteiger partial charge in [-0.25, -0.2) is 22.6 Å². The molecule has 14 heteroatoms. The van der Waals surface area contributed by atoms with Crippen LogP contribution in [0.4, 0.5) is 10.1 Å². The third-order valence-corrected chi connectivity index (χ3v) is 9.11. The number of aromatic amines is 2. The predicted molar refractivity (Wildman–Crippen MR) is 158 cm³/mol. The normalized spacial score (nSPS) is 12.6. The number of unbranched alkanes of at least 4 members (excludes halogenated alkanes) is 1. The van der Waals surface area contributed by atoms with Gasteiger partial charge in [0.15, 0.2) is 5.65 Å². The van der Waals surface area contributed by atoms with Crippen LogP contribution in [0.2, 0.25) is 5.15 Å². The standard InChI is InChI=1S/C28H29ClFN7O4S/c1-4-5-14-37-26-22(27(38)33-28(37)39)31-25(32-26)20(15-18-8-6-7-9-21(18)30)17-10-12-19(13-11-17)35-42(40,41)23-16(2)34-36(3)24(23)29/h6-13,20,35H,4-5,14-15H2,1-3H3,(H,31,32)(H,33,38,39). The van der Waals surface area contributed by atoms with Crippen molar-refractivity contribution < 1.29 is 12.8 Å². The molecular weight excluding hydrogens is 585 g/mol. The largest absolute Gasteiger partial charge is 0.336 e. The maximum Gasteiger partial charge on any atom is 0.330 e. The zero-order chi connectivity index (χ0) is 30.2. The lowest BCUT2D eigenvalue weighted by molar-refractivity contribution is 0.597. The molecule has 1 atom stereocenters. The van der Waals surface area contributed by atoms with Crippen LogP contribution < -0.4 is 16.0 Å². The van der Waals surface area contributed by atoms with Crippen molar-refractivity contribution >= 4 is 38.5 Å². The van der Waals surface area contributed by atoms with Crippen molar-refractivity contribution in [1.82, 2.24) is 29.3 Å². The number of rotatable bonds is 10. The fraction of sp³-hybridized carbons (Fsp3) is 0.286. The first kappa shape index (κ1) is 29.3. The zero-order valence-corrected chi connectivity index (χ0v) is 24.7. The van der Waals surface area contributed by atoms with Crippen molar-refractivity contribution in [2.75, 3.05) is 4.72 Å². The van der Waals surface area contributed by atoms with Gasteiger partial charge < -0.3 is 4.98 Å². The van der Waals surface area contributed by atoms with Crippen molar-refractivity contribution in [3.05, 3.63) is 103 Å². The number of aromatic nitrogens is 6. The summed E-state index contributed by atoms with van der Waals surface area (Å²) in [4.78, 5) is 35.2. The number of halogens is 2. The highest BCUT2D eigenvalue weighted by Gasteiger charge is 2.26. The van der Waals surface area contributed by atoms with Crippen molar-refractivity contribution in [1.29, 1.82) is 0 Å². The first-order valence-electron chi connectivity index (χ1n) is 13.3. The van der Waals surface area contributed by atoms with E-state index in [-0.39, 0.29) is 39.0 Å². The number of aryl methyl sites for hydroxylation is 3. The molecule has 0 aliphatic rings. The molecule has 3 heterocycles. The minimum absolute atomic E-state index is 0.0149. The monoisotopic (exact) mass is 613 g/mol. The van der Waals surface area contributed by atoms with Gasteiger partial charge in [-0.2, -0.15) is 5.10 Å². The Labute approximate surface area is 245 Å². The summed E-state index contributed by atoms with van der Waals surface area (Å²) < 4.78 is 46.1. The van der Waals surface area contributed by atoms with E-state index in [0.29, 0.717) is 29.9 Å². The van der Waals surface area contributed by atoms with Gasteiger partial charge in [0.1, 0.15) is 27.2 Å². The van der Waals surface area contributed by atoms with Crippen LogP contribution >= 0.6 is 11.6 Å². The van der Waals surface area contributed by atoms with Crippen LogP contribution in [0.5, 0.6) is 0 Å². The lowest BCUT2D eigenvalue weighted by Crippen LogP contribution is -2.30. The van der Waals surface area contributed by atoms with E-state index in [0.717, 1.165) is 6.42 Å². The van der Waals surface area contributed by atoms with E-state index in [1.54, 1.807) is 56.4 Å². The zero-order valence-electron chi connectivity index (χ0n) is 23.1. The Balaban J connectivity index is 1.55. The molecule has 0 bridgehead atoms. The van der Waals surface area contributed by atoms with Crippen LogP contribution in [0.15, 0.2) is 63.0 Å². The van der Waals surface area contributed by atoms with Crippen LogP contribution in [0.3, 0.4) is 0 Å². The van der Waals surface area contributed by atoms with Crippen molar-refractivity contribution in [2.45, 2.75) is 50.5 Å². The molecule has 0 amide bonds. The van der Waals surface area contributed by atoms with Gasteiger partial charge in [0.25, 0.3) is 15.6 Å². The molecule has 3 aromatic heterocycles. The summed E-state index contributed by atoms with van der Waals surface area (Å²) in [5.74, 6) is -0.603. The Morgan fingerprint density at radius 1 is 1.10 bits per heavy atom. The SMILES string of the molecule is CCCCn1c(=O)[nH]c(=O)c2[nH]c(C(Cc3ccccc3F)c3ccc(NS(=O)(=O)c4c(C)nn(C)c4Cl)cc3)nc21. The van der Waals surface area contributed by atoms with Crippen LogP contribution in [-0.4, -0.2) is 37.7 Å². The maximum absolute atomic E-state index is 14.8. The molecule has 0 aliphatic heterocycles. The van der Waals surface area contributed by atoms with Gasteiger partial charge in [0.2, 0.25) is 0 Å². The number of imidazole rings is 1. The molecule has 1 unspecified atom stereocenters. The molecular formula is C28H29ClFN7O4S. The molecule has 0 radical (unpaired) electrons. The van der Waals surface area contributed by atoms with Crippen LogP contribution in [0.25, 0.3) is 11.2 Å². The van der Waals surface area contributed by atoms with E-state index in [1.807, 2.05) is 6.92 Å². The highest BCUT2D eigenvalue weighted by molar-refractivity contribution is 7.92. The van der Waals surface area contributed by atoms with E-state index < -0.39 is 33.0 Å². The van der Waals surface area contributed by atoms with Gasteiger partial charge in [-0.15, -0.1) is 0 Å². The molecule has 5 rings (SSSR count). The molecule has 0 aliphatic carbocycles. The van der Waals surface area contributed by atoms with Crippen LogP contribution in [-0.2, 0) is 30.0 Å². The van der Waals surface area contributed by atoms with Crippen molar-refractivity contribution in [3.8, 4) is 0 Å². The predicted octanol–water partition coefficient (Wildman–Crippen LogP) is 4.22. The fourth-order valence-electron chi connectivity index (χ4n) is 4.91. The molecule has 3 N–H and O–H groups in total. The number of H-pyrrole nitrogens is 2. The summed E-state index contributed by atoms with van der Waals surface area (Å²) in [6.07, 6.45) is 1.73. The fourth-order valence-corrected chi connectivity index (χ4v) is 6.72. The van der Waals surface area contributed by atoms with E-state index in [9.17, 15) is 22.4 Å². The average molecular weight is 614 g/mol. The second-order valence-corrected chi connectivity index (χ2v) is 12.0. The van der Waals surface area contributed by atoms with Gasteiger partial charge in [0.05, 0.1) is 5.69 Å². The van der Waals surface area contributed by atoms with Gasteiger partial charge >= 0.3 is 5.69 Å². The highest BCUT2D eigenvalue weighted by atomic mass is 35.5. The third kappa shape index (κ3) is 5.61. The Morgan fingerprint density at radius 3 is 2.45 bits per heavy atom. The molecule has 2 aromatic carbocycles. The molecule has 0 spiro atoms. The summed E-state index contributed by atoms with van der Waals surface area (Å²) in [5.41, 5.74) is 0.851. The first-order chi connectivity index (χ1) is 20.0. The molecule has 0 saturated heterocycles. The van der Waals surface area contributed by atoms with E-state index in [1.165, 1.54) is 15.3 Å². The Kier molecular flexibility index (Phi) is 8.06. The van der Waals surface area contributed by atoms with E-state index >= 15 is 0 Å². The highest BCUT2D eigenvalue weighted by Crippen LogP contribution is 2.31. The topological polar surface area (TPSA) is 148 Å². The van der Waals surface area contributed by atoms with E-state index in [4.69, 9.17) is 11.6 Å². The third-order valence-electron chi connectivity index (χ3n) is 7.03. The summed E-state index contributed by atoms with van der Waals surface area (Å²) in [6.45, 7) is 3.92. The van der Waals surface area contributed by atoms with Crippen LogP contribution in [0, 0.1) is 12.7 Å². The number of anilines is 1. The molecule has 220 valence electrons. The summed E-state index contributed by atoms with van der Waals surface area (Å²) in [6, 6.07) is 12.9. The Morgan fingerprint density at radius 2 is 1.81 bits per heavy atom. The van der Waals surface area contributed by atoms with Crippen molar-refractivity contribution in [3.63, 3.8) is 0 Å². The maximum atomic E-state index is 14.8. The number of nitrogens with zero attached hydrogens (tertiary/aromatic N) is 4. The van der Waals surface area contributed by atoms with Gasteiger partial charge in [-0.05, 0) is 49.1 Å². The van der Waals surface area contributed by atoms with Crippen LogP contribution in [0.1, 0.15) is 48.3 Å². The number of hydrogen-bond donors (Lipinski definition) is 3. The molecule has 0 saturated carbocycles. The quantitative estimate of drug-likeness (QED) is 0.215. The number of nitrogens with one attached hydrogen (secondary N) is 3. The number of fused-ring (bicyclic) bond motifs is 1. The van der Waals surface area contributed by atoms with Gasteiger partial charge in [-0.1, -0.05) is 55.3 Å². The summed E-state index contributed by atoms with van der Waals surface area (Å²) in [5, 5.41) is 4.05. The smallest absolute Gasteiger partial charge is 0.330 e. The molecule has 5 aromatic rings. The minimum atomic E-state index is -4.04. The summed E-state index contributed by atoms with van der Waals surface area (Å²) >= 11 is 6.18. The number of benzene rings is 2. The molecule has 42 heavy (non-hydrogen) atoms.